The second-order valence-corrected chi connectivity index (χ2v) is 11.4. The lowest BCUT2D eigenvalue weighted by Crippen LogP contribution is -2.56. The van der Waals surface area contributed by atoms with Gasteiger partial charge in [0.1, 0.15) is 6.33 Å². The Labute approximate surface area is 228 Å². The molecule has 5 rings (SSSR count). The highest BCUT2D eigenvalue weighted by Crippen LogP contribution is 2.42. The van der Waals surface area contributed by atoms with E-state index in [-0.39, 0.29) is 18.0 Å². The third-order valence-electron chi connectivity index (χ3n) is 9.03. The topological polar surface area (TPSA) is 61.8 Å². The largest absolute Gasteiger partial charge is 0.416 e. The number of alkyl halides is 3. The standard InChI is InChI=1S/C29H38F3N5O2/c1-18-13-35(9-10-37(18)26(16-39-4)21-5-7-24(8-6-21)29(30,31)32)25-11-22-14-36(15-23(22)12-25)28(38)27-19(2)33-17-34-20(27)3/h5-8,17-18,22-23,25-26H,9-16H2,1-4H3/t18-,22-,23+,25?,26-/m0/s1. The number of carbonyl (C=O) groups is 1. The number of methoxy groups -OCH3 is 1. The molecule has 0 N–H and O–H groups in total. The zero-order valence-electron chi connectivity index (χ0n) is 23.1. The van der Waals surface area contributed by atoms with E-state index >= 15 is 0 Å². The maximum atomic E-state index is 13.2. The number of fused-ring (bicyclic) bond motifs is 1. The summed E-state index contributed by atoms with van der Waals surface area (Å²) in [6.45, 7) is 10.6. The smallest absolute Gasteiger partial charge is 0.383 e. The molecule has 3 fully saturated rings. The molecule has 1 unspecified atom stereocenters. The van der Waals surface area contributed by atoms with Gasteiger partial charge >= 0.3 is 6.18 Å². The SMILES string of the molecule is COC[C@@H](c1ccc(C(F)(F)F)cc1)N1CCN(C2C[C@@H]3CN(C(=O)c4c(C)ncnc4C)C[C@@H]3C2)C[C@@H]1C. The van der Waals surface area contributed by atoms with Crippen LogP contribution < -0.4 is 0 Å². The Morgan fingerprint density at radius 2 is 1.64 bits per heavy atom. The molecule has 2 aliphatic heterocycles. The second kappa shape index (κ2) is 11.1. The quantitative estimate of drug-likeness (QED) is 0.538. The van der Waals surface area contributed by atoms with Gasteiger partial charge in [0.15, 0.2) is 0 Å². The molecular formula is C29H38F3N5O2. The Bertz CT molecular complexity index is 1140. The summed E-state index contributed by atoms with van der Waals surface area (Å²) in [5, 5.41) is 0. The van der Waals surface area contributed by atoms with Gasteiger partial charge in [-0.1, -0.05) is 12.1 Å². The lowest BCUT2D eigenvalue weighted by molar-refractivity contribution is -0.137. The van der Waals surface area contributed by atoms with Crippen LogP contribution in [0.15, 0.2) is 30.6 Å². The van der Waals surface area contributed by atoms with Crippen LogP contribution in [0.25, 0.3) is 0 Å². The van der Waals surface area contributed by atoms with E-state index in [9.17, 15) is 18.0 Å². The average molecular weight is 546 g/mol. The highest BCUT2D eigenvalue weighted by Gasteiger charge is 2.45. The van der Waals surface area contributed by atoms with Gasteiger partial charge in [-0.3, -0.25) is 14.6 Å². The molecule has 2 saturated heterocycles. The summed E-state index contributed by atoms with van der Waals surface area (Å²) in [6.07, 6.45) is -0.659. The number of piperazine rings is 1. The van der Waals surface area contributed by atoms with Crippen LogP contribution in [0.4, 0.5) is 13.2 Å². The number of ether oxygens (including phenoxy) is 1. The molecule has 3 heterocycles. The van der Waals surface area contributed by atoms with Crippen LogP contribution in [0.3, 0.4) is 0 Å². The Kier molecular flexibility index (Phi) is 7.99. The Morgan fingerprint density at radius 3 is 2.18 bits per heavy atom. The molecule has 212 valence electrons. The van der Waals surface area contributed by atoms with Crippen molar-refractivity contribution in [2.45, 2.75) is 57.9 Å². The molecule has 0 spiro atoms. The summed E-state index contributed by atoms with van der Waals surface area (Å²) in [6, 6.07) is 6.14. The van der Waals surface area contributed by atoms with E-state index in [4.69, 9.17) is 4.74 Å². The fourth-order valence-electron chi connectivity index (χ4n) is 7.02. The first-order chi connectivity index (χ1) is 18.6. The predicted molar refractivity (Wildman–Crippen MR) is 141 cm³/mol. The van der Waals surface area contributed by atoms with Crippen molar-refractivity contribution in [2.24, 2.45) is 11.8 Å². The van der Waals surface area contributed by atoms with Crippen molar-refractivity contribution in [2.75, 3.05) is 46.4 Å². The van der Waals surface area contributed by atoms with Gasteiger partial charge < -0.3 is 9.64 Å². The lowest BCUT2D eigenvalue weighted by atomic mass is 9.99. The molecule has 1 amide bonds. The molecule has 1 aromatic carbocycles. The number of rotatable bonds is 6. The summed E-state index contributed by atoms with van der Waals surface area (Å²) in [4.78, 5) is 28.6. The molecule has 2 aromatic rings. The molecule has 5 atom stereocenters. The first kappa shape index (κ1) is 28.0. The zero-order valence-corrected chi connectivity index (χ0v) is 23.1. The monoisotopic (exact) mass is 545 g/mol. The number of aryl methyl sites for hydroxylation is 2. The summed E-state index contributed by atoms with van der Waals surface area (Å²) in [5.41, 5.74) is 2.32. The number of nitrogens with zero attached hydrogens (tertiary/aromatic N) is 5. The van der Waals surface area contributed by atoms with Crippen molar-refractivity contribution in [3.8, 4) is 0 Å². The predicted octanol–water partition coefficient (Wildman–Crippen LogP) is 4.36. The normalized spacial score (nSPS) is 27.1. The van der Waals surface area contributed by atoms with E-state index in [0.29, 0.717) is 30.0 Å². The molecule has 0 radical (unpaired) electrons. The van der Waals surface area contributed by atoms with Gasteiger partial charge in [0.05, 0.1) is 35.2 Å². The van der Waals surface area contributed by atoms with Gasteiger partial charge in [-0.05, 0) is 63.1 Å². The third kappa shape index (κ3) is 5.69. The van der Waals surface area contributed by atoms with E-state index in [1.807, 2.05) is 18.7 Å². The molecule has 7 nitrogen and oxygen atoms in total. The second-order valence-electron chi connectivity index (χ2n) is 11.4. The van der Waals surface area contributed by atoms with Crippen molar-refractivity contribution in [3.63, 3.8) is 0 Å². The summed E-state index contributed by atoms with van der Waals surface area (Å²) >= 11 is 0. The van der Waals surface area contributed by atoms with Gasteiger partial charge in [0, 0.05) is 51.9 Å². The molecule has 0 bridgehead atoms. The number of benzene rings is 1. The van der Waals surface area contributed by atoms with E-state index < -0.39 is 11.7 Å². The van der Waals surface area contributed by atoms with Gasteiger partial charge in [-0.2, -0.15) is 13.2 Å². The first-order valence-electron chi connectivity index (χ1n) is 13.8. The maximum absolute atomic E-state index is 13.2. The molecule has 3 aliphatic rings. The maximum Gasteiger partial charge on any atom is 0.416 e. The lowest BCUT2D eigenvalue weighted by Gasteiger charge is -2.46. The average Bonchev–Trinajstić information content (AvgIpc) is 3.47. The van der Waals surface area contributed by atoms with Crippen LogP contribution in [0.5, 0.6) is 0 Å². The highest BCUT2D eigenvalue weighted by molar-refractivity contribution is 5.96. The number of aromatic nitrogens is 2. The molecular weight excluding hydrogens is 507 g/mol. The van der Waals surface area contributed by atoms with Crippen molar-refractivity contribution in [1.82, 2.24) is 24.7 Å². The Balaban J connectivity index is 1.19. The third-order valence-corrected chi connectivity index (χ3v) is 9.03. The van der Waals surface area contributed by atoms with Crippen LogP contribution in [-0.2, 0) is 10.9 Å². The summed E-state index contributed by atoms with van der Waals surface area (Å²) in [7, 11) is 1.64. The number of halogens is 3. The van der Waals surface area contributed by atoms with Crippen LogP contribution >= 0.6 is 0 Å². The first-order valence-corrected chi connectivity index (χ1v) is 13.8. The van der Waals surface area contributed by atoms with Crippen LogP contribution in [0, 0.1) is 25.7 Å². The van der Waals surface area contributed by atoms with Gasteiger partial charge in [0.2, 0.25) is 0 Å². The summed E-state index contributed by atoms with van der Waals surface area (Å²) in [5.74, 6) is 1.06. The Morgan fingerprint density at radius 1 is 1.03 bits per heavy atom. The molecule has 39 heavy (non-hydrogen) atoms. The fraction of sp³-hybridized carbons (Fsp3) is 0.621. The van der Waals surface area contributed by atoms with Crippen molar-refractivity contribution < 1.29 is 22.7 Å². The molecule has 1 saturated carbocycles. The van der Waals surface area contributed by atoms with Crippen molar-refractivity contribution >= 4 is 5.91 Å². The van der Waals surface area contributed by atoms with Gasteiger partial charge in [0.25, 0.3) is 5.91 Å². The van der Waals surface area contributed by atoms with E-state index in [0.717, 1.165) is 74.6 Å². The van der Waals surface area contributed by atoms with Crippen LogP contribution in [-0.4, -0.2) is 89.1 Å². The van der Waals surface area contributed by atoms with Crippen molar-refractivity contribution in [1.29, 1.82) is 0 Å². The minimum absolute atomic E-state index is 0.0474. The van der Waals surface area contributed by atoms with Crippen LogP contribution in [0.1, 0.15) is 58.7 Å². The number of carbonyl (C=O) groups excluding carboxylic acids is 1. The number of amides is 1. The Hall–Kier alpha value is -2.56. The zero-order chi connectivity index (χ0) is 27.9. The minimum Gasteiger partial charge on any atom is -0.383 e. The van der Waals surface area contributed by atoms with Crippen LogP contribution in [0.2, 0.25) is 0 Å². The van der Waals surface area contributed by atoms with E-state index in [1.165, 1.54) is 6.33 Å². The molecule has 1 aliphatic carbocycles. The van der Waals surface area contributed by atoms with E-state index in [2.05, 4.69) is 26.7 Å². The fourth-order valence-corrected chi connectivity index (χ4v) is 7.02. The molecule has 10 heteroatoms. The summed E-state index contributed by atoms with van der Waals surface area (Å²) < 4.78 is 44.7. The number of hydrogen-bond donors (Lipinski definition) is 0. The number of hydrogen-bond acceptors (Lipinski definition) is 6. The number of likely N-dealkylation sites (tertiary alicyclic amines) is 1. The van der Waals surface area contributed by atoms with Crippen molar-refractivity contribution in [3.05, 3.63) is 58.7 Å². The molecule has 1 aromatic heterocycles. The van der Waals surface area contributed by atoms with Gasteiger partial charge in [-0.15, -0.1) is 0 Å². The van der Waals surface area contributed by atoms with Gasteiger partial charge in [-0.25, -0.2) is 9.97 Å². The highest BCUT2D eigenvalue weighted by atomic mass is 19.4. The minimum atomic E-state index is -4.34. The van der Waals surface area contributed by atoms with E-state index in [1.54, 1.807) is 19.2 Å².